The minimum absolute atomic E-state index is 0.0407. The number of nitro benzene ring substituents is 1. The maximum Gasteiger partial charge on any atom is 0.293 e. The smallest absolute Gasteiger partial charge is 0.293 e. The van der Waals surface area contributed by atoms with Crippen LogP contribution >= 0.6 is 0 Å². The fourth-order valence-electron chi connectivity index (χ4n) is 2.80. The zero-order valence-corrected chi connectivity index (χ0v) is 16.1. The lowest BCUT2D eigenvalue weighted by atomic mass is 10.1. The van der Waals surface area contributed by atoms with Crippen molar-refractivity contribution in [3.05, 3.63) is 69.8 Å². The fraction of sp³-hybridized carbons (Fsp3) is 0.350. The van der Waals surface area contributed by atoms with Crippen LogP contribution in [0.3, 0.4) is 0 Å². The third-order valence-electron chi connectivity index (χ3n) is 4.17. The molecule has 2 aromatic carbocycles. The molecule has 27 heavy (non-hydrogen) atoms. The Morgan fingerprint density at radius 2 is 1.81 bits per heavy atom. The van der Waals surface area contributed by atoms with Gasteiger partial charge in [-0.15, -0.1) is 0 Å². The number of carbonyl (C=O) groups is 1. The zero-order chi connectivity index (χ0) is 20.0. The number of amides is 1. The molecule has 2 aromatic rings. The van der Waals surface area contributed by atoms with Crippen LogP contribution in [0.4, 0.5) is 11.4 Å². The van der Waals surface area contributed by atoms with Gasteiger partial charge in [0.1, 0.15) is 5.69 Å². The highest BCUT2D eigenvalue weighted by Crippen LogP contribution is 2.27. The van der Waals surface area contributed by atoms with E-state index in [2.05, 4.69) is 15.5 Å². The van der Waals surface area contributed by atoms with E-state index in [1.165, 1.54) is 6.07 Å². The van der Waals surface area contributed by atoms with Crippen molar-refractivity contribution in [1.82, 2.24) is 10.2 Å². The highest BCUT2D eigenvalue weighted by Gasteiger charge is 2.20. The second-order valence-corrected chi connectivity index (χ2v) is 6.89. The van der Waals surface area contributed by atoms with Crippen molar-refractivity contribution in [1.29, 1.82) is 0 Å². The molecule has 2 N–H and O–H groups in total. The van der Waals surface area contributed by atoms with Crippen molar-refractivity contribution in [3.8, 4) is 0 Å². The van der Waals surface area contributed by atoms with Crippen LogP contribution in [0.2, 0.25) is 0 Å². The van der Waals surface area contributed by atoms with Gasteiger partial charge in [-0.05, 0) is 45.6 Å². The Balaban J connectivity index is 2.22. The van der Waals surface area contributed by atoms with E-state index in [9.17, 15) is 14.9 Å². The summed E-state index contributed by atoms with van der Waals surface area (Å²) in [6.07, 6.45) is 0. The largest absolute Gasteiger partial charge is 0.378 e. The molecule has 144 valence electrons. The number of nitrogens with zero attached hydrogens (tertiary/aromatic N) is 2. The summed E-state index contributed by atoms with van der Waals surface area (Å²) in [6, 6.07) is 14.5. The van der Waals surface area contributed by atoms with Gasteiger partial charge in [-0.25, -0.2) is 0 Å². The molecule has 7 heteroatoms. The lowest BCUT2D eigenvalue weighted by Crippen LogP contribution is -2.30. The van der Waals surface area contributed by atoms with Gasteiger partial charge in [0.25, 0.3) is 11.6 Å². The molecule has 2 rings (SSSR count). The van der Waals surface area contributed by atoms with E-state index in [-0.39, 0.29) is 29.2 Å². The molecule has 7 nitrogen and oxygen atoms in total. The van der Waals surface area contributed by atoms with Crippen LogP contribution in [-0.4, -0.2) is 42.4 Å². The van der Waals surface area contributed by atoms with Crippen molar-refractivity contribution in [2.24, 2.45) is 0 Å². The summed E-state index contributed by atoms with van der Waals surface area (Å²) in [7, 11) is 3.93. The molecular weight excluding hydrogens is 344 g/mol. The molecule has 1 atom stereocenters. The van der Waals surface area contributed by atoms with Crippen LogP contribution in [0, 0.1) is 10.1 Å². The number of benzene rings is 2. The maximum atomic E-state index is 12.1. The van der Waals surface area contributed by atoms with Crippen molar-refractivity contribution >= 4 is 17.3 Å². The van der Waals surface area contributed by atoms with Crippen molar-refractivity contribution in [2.45, 2.75) is 25.9 Å². The van der Waals surface area contributed by atoms with E-state index < -0.39 is 4.92 Å². The van der Waals surface area contributed by atoms with E-state index >= 15 is 0 Å². The molecule has 0 fully saturated rings. The second kappa shape index (κ2) is 9.14. The summed E-state index contributed by atoms with van der Waals surface area (Å²) in [6.45, 7) is 4.18. The summed E-state index contributed by atoms with van der Waals surface area (Å²) in [5.41, 5.74) is 1.67. The van der Waals surface area contributed by atoms with Crippen LogP contribution in [0.25, 0.3) is 0 Å². The standard InChI is InChI=1S/C20H26N4O3/c1-14(2)22-20(25)16-10-11-17(18(12-16)24(26)27)21-13-19(23(3)4)15-8-6-5-7-9-15/h5-12,14,19,21H,13H2,1-4H3,(H,22,25). The Bertz CT molecular complexity index is 791. The third kappa shape index (κ3) is 5.52. The van der Waals surface area contributed by atoms with Gasteiger partial charge in [-0.2, -0.15) is 0 Å². The molecule has 0 heterocycles. The molecule has 1 amide bonds. The quantitative estimate of drug-likeness (QED) is 0.549. The summed E-state index contributed by atoms with van der Waals surface area (Å²) in [5, 5.41) is 17.4. The molecule has 0 spiro atoms. The van der Waals surface area contributed by atoms with Crippen LogP contribution < -0.4 is 10.6 Å². The van der Waals surface area contributed by atoms with Crippen molar-refractivity contribution in [2.75, 3.05) is 26.0 Å². The SMILES string of the molecule is CC(C)NC(=O)c1ccc(NCC(c2ccccc2)N(C)C)c([N+](=O)[O-])c1. The fourth-order valence-corrected chi connectivity index (χ4v) is 2.80. The summed E-state index contributed by atoms with van der Waals surface area (Å²) < 4.78 is 0. The van der Waals surface area contributed by atoms with Gasteiger partial charge in [0.05, 0.1) is 11.0 Å². The van der Waals surface area contributed by atoms with Crippen LogP contribution in [0.1, 0.15) is 35.8 Å². The molecule has 0 saturated heterocycles. The topological polar surface area (TPSA) is 87.5 Å². The lowest BCUT2D eigenvalue weighted by molar-refractivity contribution is -0.384. The van der Waals surface area contributed by atoms with Gasteiger partial charge in [0, 0.05) is 24.2 Å². The van der Waals surface area contributed by atoms with Gasteiger partial charge in [-0.3, -0.25) is 14.9 Å². The first-order valence-electron chi connectivity index (χ1n) is 8.84. The Morgan fingerprint density at radius 1 is 1.15 bits per heavy atom. The zero-order valence-electron chi connectivity index (χ0n) is 16.1. The van der Waals surface area contributed by atoms with Gasteiger partial charge in [-0.1, -0.05) is 30.3 Å². The number of carbonyl (C=O) groups excluding carboxylic acids is 1. The first-order valence-corrected chi connectivity index (χ1v) is 8.84. The lowest BCUT2D eigenvalue weighted by Gasteiger charge is -2.25. The van der Waals surface area contributed by atoms with E-state index in [0.29, 0.717) is 12.2 Å². The third-order valence-corrected chi connectivity index (χ3v) is 4.17. The number of hydrogen-bond acceptors (Lipinski definition) is 5. The van der Waals surface area contributed by atoms with Crippen LogP contribution in [0.5, 0.6) is 0 Å². The minimum atomic E-state index is -0.471. The number of rotatable bonds is 8. The van der Waals surface area contributed by atoms with E-state index in [4.69, 9.17) is 0 Å². The van der Waals surface area contributed by atoms with Gasteiger partial charge in [0.15, 0.2) is 0 Å². The van der Waals surface area contributed by atoms with Crippen LogP contribution in [-0.2, 0) is 0 Å². The maximum absolute atomic E-state index is 12.1. The summed E-state index contributed by atoms with van der Waals surface area (Å²) in [5.74, 6) is -0.324. The monoisotopic (exact) mass is 370 g/mol. The highest BCUT2D eigenvalue weighted by molar-refractivity contribution is 5.95. The summed E-state index contributed by atoms with van der Waals surface area (Å²) in [4.78, 5) is 25.2. The minimum Gasteiger partial charge on any atom is -0.378 e. The molecule has 0 aromatic heterocycles. The Morgan fingerprint density at radius 3 is 2.37 bits per heavy atom. The number of anilines is 1. The molecule has 0 bridgehead atoms. The molecule has 0 aliphatic carbocycles. The average molecular weight is 370 g/mol. The number of nitrogens with one attached hydrogen (secondary N) is 2. The molecule has 0 aliphatic heterocycles. The molecule has 1 unspecified atom stereocenters. The molecule has 0 saturated carbocycles. The predicted molar refractivity (Wildman–Crippen MR) is 107 cm³/mol. The predicted octanol–water partition coefficient (Wildman–Crippen LogP) is 3.45. The normalized spacial score (nSPS) is 12.1. The van der Waals surface area contributed by atoms with Crippen LogP contribution in [0.15, 0.2) is 48.5 Å². The number of likely N-dealkylation sites (N-methyl/N-ethyl adjacent to an activating group) is 1. The first-order chi connectivity index (χ1) is 12.8. The molecular formula is C20H26N4O3. The summed E-state index contributed by atoms with van der Waals surface area (Å²) >= 11 is 0. The van der Waals surface area contributed by atoms with Gasteiger partial charge in [0.2, 0.25) is 0 Å². The van der Waals surface area contributed by atoms with Crippen molar-refractivity contribution < 1.29 is 9.72 Å². The Kier molecular flexibility index (Phi) is 6.90. The Hall–Kier alpha value is -2.93. The van der Waals surface area contributed by atoms with Crippen molar-refractivity contribution in [3.63, 3.8) is 0 Å². The van der Waals surface area contributed by atoms with Gasteiger partial charge < -0.3 is 15.5 Å². The average Bonchev–Trinajstić information content (AvgIpc) is 2.61. The van der Waals surface area contributed by atoms with E-state index in [1.54, 1.807) is 12.1 Å². The number of nitro groups is 1. The van der Waals surface area contributed by atoms with E-state index in [1.807, 2.05) is 58.3 Å². The second-order valence-electron chi connectivity index (χ2n) is 6.89. The molecule has 0 aliphatic rings. The highest BCUT2D eigenvalue weighted by atomic mass is 16.6. The first kappa shape index (κ1) is 20.4. The number of hydrogen-bond donors (Lipinski definition) is 2. The van der Waals surface area contributed by atoms with Gasteiger partial charge >= 0.3 is 0 Å². The Labute approximate surface area is 159 Å². The van der Waals surface area contributed by atoms with E-state index in [0.717, 1.165) is 5.56 Å². The molecule has 0 radical (unpaired) electrons.